The van der Waals surface area contributed by atoms with E-state index in [4.69, 9.17) is 4.74 Å². The van der Waals surface area contributed by atoms with Crippen LogP contribution in [-0.2, 0) is 11.3 Å². The highest BCUT2D eigenvalue weighted by molar-refractivity contribution is 5.06. The van der Waals surface area contributed by atoms with E-state index in [1.54, 1.807) is 0 Å². The fourth-order valence-corrected chi connectivity index (χ4v) is 1.74. The molecular formula is C11H19N3O. The second-order valence-corrected chi connectivity index (χ2v) is 4.39. The van der Waals surface area contributed by atoms with E-state index in [1.807, 2.05) is 6.20 Å². The molecule has 84 valence electrons. The number of rotatable bonds is 4. The molecule has 0 bridgehead atoms. The molecule has 4 nitrogen and oxygen atoms in total. The van der Waals surface area contributed by atoms with Gasteiger partial charge in [0, 0.05) is 37.0 Å². The van der Waals surface area contributed by atoms with Crippen molar-refractivity contribution < 1.29 is 4.74 Å². The van der Waals surface area contributed by atoms with E-state index in [2.05, 4.69) is 29.1 Å². The second-order valence-electron chi connectivity index (χ2n) is 4.39. The molecule has 1 atom stereocenters. The summed E-state index contributed by atoms with van der Waals surface area (Å²) in [5, 5.41) is 3.36. The summed E-state index contributed by atoms with van der Waals surface area (Å²) in [6.45, 7) is 6.82. The SMILES string of the molecule is CC(C)NCc1cnc(C2CCOC2)[nH]1. The molecule has 0 spiro atoms. The lowest BCUT2D eigenvalue weighted by atomic mass is 10.1. The molecule has 1 saturated heterocycles. The first-order valence-electron chi connectivity index (χ1n) is 5.60. The number of imidazole rings is 1. The molecule has 0 aliphatic carbocycles. The predicted molar refractivity (Wildman–Crippen MR) is 58.7 cm³/mol. The van der Waals surface area contributed by atoms with Crippen LogP contribution in [0.3, 0.4) is 0 Å². The van der Waals surface area contributed by atoms with Gasteiger partial charge in [-0.3, -0.25) is 0 Å². The van der Waals surface area contributed by atoms with E-state index >= 15 is 0 Å². The first-order valence-corrected chi connectivity index (χ1v) is 5.60. The summed E-state index contributed by atoms with van der Waals surface area (Å²) in [6, 6.07) is 0.506. The standard InChI is InChI=1S/C11H19N3O/c1-8(2)12-5-10-6-13-11(14-10)9-3-4-15-7-9/h6,8-9,12H,3-5,7H2,1-2H3,(H,13,14). The molecule has 2 rings (SSSR count). The number of nitrogens with zero attached hydrogens (tertiary/aromatic N) is 1. The minimum Gasteiger partial charge on any atom is -0.381 e. The summed E-state index contributed by atoms with van der Waals surface area (Å²) in [5.74, 6) is 1.55. The van der Waals surface area contributed by atoms with Crippen LogP contribution in [0.1, 0.15) is 37.7 Å². The lowest BCUT2D eigenvalue weighted by Gasteiger charge is -2.06. The third-order valence-corrected chi connectivity index (χ3v) is 2.67. The quantitative estimate of drug-likeness (QED) is 0.788. The zero-order chi connectivity index (χ0) is 10.7. The minimum absolute atomic E-state index is 0.470. The van der Waals surface area contributed by atoms with Gasteiger partial charge >= 0.3 is 0 Å². The fraction of sp³-hybridized carbons (Fsp3) is 0.727. The van der Waals surface area contributed by atoms with Crippen LogP contribution in [0.15, 0.2) is 6.20 Å². The number of aromatic amines is 1. The molecule has 2 heterocycles. The van der Waals surface area contributed by atoms with Crippen LogP contribution in [-0.4, -0.2) is 29.2 Å². The molecule has 4 heteroatoms. The van der Waals surface area contributed by atoms with Crippen LogP contribution in [0, 0.1) is 0 Å². The number of hydrogen-bond donors (Lipinski definition) is 2. The number of H-pyrrole nitrogens is 1. The zero-order valence-corrected chi connectivity index (χ0v) is 9.42. The maximum absolute atomic E-state index is 5.34. The van der Waals surface area contributed by atoms with E-state index in [0.29, 0.717) is 12.0 Å². The van der Waals surface area contributed by atoms with Gasteiger partial charge < -0.3 is 15.0 Å². The third kappa shape index (κ3) is 2.79. The monoisotopic (exact) mass is 209 g/mol. The Kier molecular flexibility index (Phi) is 3.38. The van der Waals surface area contributed by atoms with Gasteiger partial charge in [-0.1, -0.05) is 13.8 Å². The summed E-state index contributed by atoms with van der Waals surface area (Å²) >= 11 is 0. The molecular weight excluding hydrogens is 190 g/mol. The van der Waals surface area contributed by atoms with Gasteiger partial charge in [0.1, 0.15) is 5.82 Å². The van der Waals surface area contributed by atoms with E-state index in [-0.39, 0.29) is 0 Å². The predicted octanol–water partition coefficient (Wildman–Crippen LogP) is 1.41. The zero-order valence-electron chi connectivity index (χ0n) is 9.42. The average Bonchev–Trinajstić information content (AvgIpc) is 2.85. The summed E-state index contributed by atoms with van der Waals surface area (Å²) in [4.78, 5) is 7.76. The topological polar surface area (TPSA) is 49.9 Å². The van der Waals surface area contributed by atoms with Crippen LogP contribution in [0.2, 0.25) is 0 Å². The van der Waals surface area contributed by atoms with Crippen molar-refractivity contribution in [2.24, 2.45) is 0 Å². The summed E-state index contributed by atoms with van der Waals surface area (Å²) < 4.78 is 5.34. The van der Waals surface area contributed by atoms with Gasteiger partial charge in [-0.15, -0.1) is 0 Å². The van der Waals surface area contributed by atoms with Crippen molar-refractivity contribution in [2.45, 2.75) is 38.8 Å². The Bertz CT molecular complexity index is 303. The van der Waals surface area contributed by atoms with Crippen LogP contribution in [0.4, 0.5) is 0 Å². The first-order chi connectivity index (χ1) is 7.25. The van der Waals surface area contributed by atoms with Crippen LogP contribution < -0.4 is 5.32 Å². The average molecular weight is 209 g/mol. The molecule has 2 N–H and O–H groups in total. The lowest BCUT2D eigenvalue weighted by molar-refractivity contribution is 0.193. The van der Waals surface area contributed by atoms with Gasteiger partial charge in [0.15, 0.2) is 0 Å². The number of hydrogen-bond acceptors (Lipinski definition) is 3. The fourth-order valence-electron chi connectivity index (χ4n) is 1.74. The number of nitrogens with one attached hydrogen (secondary N) is 2. The Morgan fingerprint density at radius 2 is 2.53 bits per heavy atom. The smallest absolute Gasteiger partial charge is 0.111 e. The van der Waals surface area contributed by atoms with Gasteiger partial charge in [0.25, 0.3) is 0 Å². The van der Waals surface area contributed by atoms with Crippen LogP contribution in [0.5, 0.6) is 0 Å². The van der Waals surface area contributed by atoms with Crippen molar-refractivity contribution in [3.8, 4) is 0 Å². The summed E-state index contributed by atoms with van der Waals surface area (Å²) in [7, 11) is 0. The summed E-state index contributed by atoms with van der Waals surface area (Å²) in [5.41, 5.74) is 1.16. The van der Waals surface area contributed by atoms with Gasteiger partial charge in [-0.25, -0.2) is 4.98 Å². The maximum atomic E-state index is 5.34. The van der Waals surface area contributed by atoms with Crippen LogP contribution >= 0.6 is 0 Å². The van der Waals surface area contributed by atoms with Crippen molar-refractivity contribution in [2.75, 3.05) is 13.2 Å². The van der Waals surface area contributed by atoms with E-state index in [1.165, 1.54) is 0 Å². The molecule has 0 saturated carbocycles. The molecule has 1 aliphatic rings. The second kappa shape index (κ2) is 4.77. The maximum Gasteiger partial charge on any atom is 0.111 e. The van der Waals surface area contributed by atoms with E-state index in [9.17, 15) is 0 Å². The molecule has 15 heavy (non-hydrogen) atoms. The summed E-state index contributed by atoms with van der Waals surface area (Å²) in [6.07, 6.45) is 3.01. The van der Waals surface area contributed by atoms with Crippen molar-refractivity contribution in [1.29, 1.82) is 0 Å². The van der Waals surface area contributed by atoms with Crippen molar-refractivity contribution in [1.82, 2.24) is 15.3 Å². The molecule has 1 aromatic heterocycles. The van der Waals surface area contributed by atoms with Crippen molar-refractivity contribution in [3.05, 3.63) is 17.7 Å². The van der Waals surface area contributed by atoms with E-state index in [0.717, 1.165) is 37.7 Å². The minimum atomic E-state index is 0.470. The third-order valence-electron chi connectivity index (χ3n) is 2.67. The van der Waals surface area contributed by atoms with Crippen molar-refractivity contribution in [3.63, 3.8) is 0 Å². The molecule has 1 aliphatic heterocycles. The Labute approximate surface area is 90.4 Å². The number of ether oxygens (including phenoxy) is 1. The van der Waals surface area contributed by atoms with Gasteiger partial charge in [-0.2, -0.15) is 0 Å². The Balaban J connectivity index is 1.91. The van der Waals surface area contributed by atoms with Gasteiger partial charge in [-0.05, 0) is 6.42 Å². The first kappa shape index (κ1) is 10.6. The molecule has 0 aromatic carbocycles. The van der Waals surface area contributed by atoms with E-state index < -0.39 is 0 Å². The highest BCUT2D eigenvalue weighted by Gasteiger charge is 2.20. The molecule has 1 unspecified atom stereocenters. The van der Waals surface area contributed by atoms with Gasteiger partial charge in [0.2, 0.25) is 0 Å². The van der Waals surface area contributed by atoms with Crippen molar-refractivity contribution >= 4 is 0 Å². The van der Waals surface area contributed by atoms with Gasteiger partial charge in [0.05, 0.1) is 6.61 Å². The molecule has 1 fully saturated rings. The van der Waals surface area contributed by atoms with Crippen LogP contribution in [0.25, 0.3) is 0 Å². The Hall–Kier alpha value is -0.870. The Morgan fingerprint density at radius 3 is 3.20 bits per heavy atom. The molecule has 0 amide bonds. The number of aromatic nitrogens is 2. The molecule has 0 radical (unpaired) electrons. The highest BCUT2D eigenvalue weighted by atomic mass is 16.5. The highest BCUT2D eigenvalue weighted by Crippen LogP contribution is 2.22. The molecule has 1 aromatic rings. The lowest BCUT2D eigenvalue weighted by Crippen LogP contribution is -2.22. The Morgan fingerprint density at radius 1 is 1.67 bits per heavy atom. The largest absolute Gasteiger partial charge is 0.381 e. The normalized spacial score (nSPS) is 21.4.